The highest BCUT2D eigenvalue weighted by molar-refractivity contribution is 7.90. The van der Waals surface area contributed by atoms with Crippen molar-refractivity contribution in [2.24, 2.45) is 0 Å². The molecule has 36 heavy (non-hydrogen) atoms. The zero-order chi connectivity index (χ0) is 25.9. The standard InChI is InChI=1S/C23H21Cl2N5O5S/c1-36(33,34)16-5-6-17(19(11-16)35-15-8-10-30(25)13-15)22(31)28-18-3-2-9-26-21(18)23(32)29-20-7-4-14(24)12-27-20/h2-7,9,11-12,15H,8,10,13H2,1H3,(H,28,31)(H,27,29,32)/t15-/m0/s1. The number of amides is 2. The van der Waals surface area contributed by atoms with Crippen molar-refractivity contribution < 1.29 is 22.7 Å². The van der Waals surface area contributed by atoms with Crippen molar-refractivity contribution in [3.05, 3.63) is 71.1 Å². The van der Waals surface area contributed by atoms with E-state index in [-0.39, 0.29) is 39.5 Å². The van der Waals surface area contributed by atoms with Gasteiger partial charge in [0.2, 0.25) is 0 Å². The van der Waals surface area contributed by atoms with Crippen LogP contribution < -0.4 is 15.4 Å². The summed E-state index contributed by atoms with van der Waals surface area (Å²) in [6.45, 7) is 1.01. The van der Waals surface area contributed by atoms with Gasteiger partial charge in [-0.2, -0.15) is 0 Å². The molecule has 1 atom stereocenters. The number of ether oxygens (including phenoxy) is 1. The number of rotatable bonds is 7. The van der Waals surface area contributed by atoms with Crippen molar-refractivity contribution in [3.63, 3.8) is 0 Å². The van der Waals surface area contributed by atoms with Gasteiger partial charge in [-0.15, -0.1) is 0 Å². The van der Waals surface area contributed by atoms with Crippen LogP contribution in [0.5, 0.6) is 5.75 Å². The summed E-state index contributed by atoms with van der Waals surface area (Å²) in [6.07, 6.45) is 4.15. The average Bonchev–Trinajstić information content (AvgIpc) is 3.24. The second-order valence-electron chi connectivity index (χ2n) is 8.00. The van der Waals surface area contributed by atoms with E-state index in [0.29, 0.717) is 24.5 Å². The van der Waals surface area contributed by atoms with Gasteiger partial charge in [-0.1, -0.05) is 11.6 Å². The minimum atomic E-state index is -3.55. The van der Waals surface area contributed by atoms with E-state index in [1.807, 2.05) is 0 Å². The summed E-state index contributed by atoms with van der Waals surface area (Å²) in [6, 6.07) is 10.2. The number of carbonyl (C=O) groups is 2. The summed E-state index contributed by atoms with van der Waals surface area (Å²) >= 11 is 11.8. The van der Waals surface area contributed by atoms with Crippen LogP contribution in [0.4, 0.5) is 11.5 Å². The first kappa shape index (κ1) is 25.8. The van der Waals surface area contributed by atoms with Gasteiger partial charge in [0.15, 0.2) is 15.5 Å². The maximum absolute atomic E-state index is 13.2. The Balaban J connectivity index is 1.60. The first-order valence-corrected chi connectivity index (χ1v) is 13.3. The van der Waals surface area contributed by atoms with Gasteiger partial charge in [-0.3, -0.25) is 9.59 Å². The molecular formula is C23H21Cl2N5O5S. The van der Waals surface area contributed by atoms with Crippen LogP contribution in [0.1, 0.15) is 27.3 Å². The van der Waals surface area contributed by atoms with E-state index in [2.05, 4.69) is 20.6 Å². The number of halogens is 2. The van der Waals surface area contributed by atoms with E-state index in [0.717, 1.165) is 6.26 Å². The summed E-state index contributed by atoms with van der Waals surface area (Å²) in [5, 5.41) is 5.67. The fourth-order valence-corrected chi connectivity index (χ4v) is 4.48. The number of carbonyl (C=O) groups excluding carboxylic acids is 2. The summed E-state index contributed by atoms with van der Waals surface area (Å²) in [5.41, 5.74) is 0.177. The smallest absolute Gasteiger partial charge is 0.277 e. The SMILES string of the molecule is CS(=O)(=O)c1ccc(C(=O)Nc2cccnc2C(=O)Nc2ccc(Cl)cn2)c(O[C@H]2CCN(Cl)C2)c1. The highest BCUT2D eigenvalue weighted by atomic mass is 35.5. The average molecular weight is 550 g/mol. The number of anilines is 2. The molecule has 3 aromatic rings. The summed E-state index contributed by atoms with van der Waals surface area (Å²) in [4.78, 5) is 34.2. The summed E-state index contributed by atoms with van der Waals surface area (Å²) in [5.74, 6) is -0.868. The normalized spacial score (nSPS) is 15.9. The van der Waals surface area contributed by atoms with Crippen LogP contribution in [0, 0.1) is 0 Å². The van der Waals surface area contributed by atoms with Crippen LogP contribution in [0.25, 0.3) is 0 Å². The van der Waals surface area contributed by atoms with E-state index in [1.165, 1.54) is 42.7 Å². The Morgan fingerprint density at radius 1 is 1.11 bits per heavy atom. The van der Waals surface area contributed by atoms with E-state index < -0.39 is 21.7 Å². The molecule has 1 aromatic carbocycles. The highest BCUT2D eigenvalue weighted by Gasteiger charge is 2.26. The maximum atomic E-state index is 13.2. The van der Waals surface area contributed by atoms with Crippen molar-refractivity contribution in [2.75, 3.05) is 30.0 Å². The third-order valence-corrected chi connectivity index (χ3v) is 6.90. The number of sulfone groups is 1. The zero-order valence-corrected chi connectivity index (χ0v) is 21.3. The molecule has 0 bridgehead atoms. The molecular weight excluding hydrogens is 529 g/mol. The minimum absolute atomic E-state index is 0.00619. The molecule has 1 fully saturated rings. The molecule has 1 aliphatic heterocycles. The molecule has 0 aliphatic carbocycles. The molecule has 0 spiro atoms. The molecule has 188 valence electrons. The molecule has 2 aromatic heterocycles. The van der Waals surface area contributed by atoms with Crippen molar-refractivity contribution >= 4 is 56.5 Å². The number of nitrogens with zero attached hydrogens (tertiary/aromatic N) is 3. The summed E-state index contributed by atoms with van der Waals surface area (Å²) < 4.78 is 31.7. The second-order valence-corrected chi connectivity index (χ2v) is 10.9. The Kier molecular flexibility index (Phi) is 7.74. The molecule has 0 saturated carbocycles. The predicted octanol–water partition coefficient (Wildman–Crippen LogP) is 3.65. The maximum Gasteiger partial charge on any atom is 0.277 e. The largest absolute Gasteiger partial charge is 0.488 e. The van der Waals surface area contributed by atoms with Gasteiger partial charge in [-0.25, -0.2) is 22.8 Å². The quantitative estimate of drug-likeness (QED) is 0.427. The van der Waals surface area contributed by atoms with Crippen LogP contribution in [0.15, 0.2) is 59.8 Å². The molecule has 0 radical (unpaired) electrons. The molecule has 10 nitrogen and oxygen atoms in total. The van der Waals surface area contributed by atoms with Gasteiger partial charge in [0.25, 0.3) is 11.8 Å². The second kappa shape index (κ2) is 10.8. The van der Waals surface area contributed by atoms with Crippen molar-refractivity contribution in [1.82, 2.24) is 14.4 Å². The summed E-state index contributed by atoms with van der Waals surface area (Å²) in [7, 11) is -3.55. The number of benzene rings is 1. The molecule has 3 heterocycles. The number of aromatic nitrogens is 2. The Morgan fingerprint density at radius 2 is 1.92 bits per heavy atom. The van der Waals surface area contributed by atoms with E-state index >= 15 is 0 Å². The Hall–Kier alpha value is -3.25. The molecule has 13 heteroatoms. The third kappa shape index (κ3) is 6.30. The number of hydrogen-bond donors (Lipinski definition) is 2. The topological polar surface area (TPSA) is 131 Å². The predicted molar refractivity (Wildman–Crippen MR) is 135 cm³/mol. The monoisotopic (exact) mass is 549 g/mol. The Bertz CT molecular complexity index is 1400. The van der Waals surface area contributed by atoms with Crippen LogP contribution >= 0.6 is 23.4 Å². The lowest BCUT2D eigenvalue weighted by Gasteiger charge is -2.18. The van der Waals surface area contributed by atoms with Gasteiger partial charge in [0, 0.05) is 25.2 Å². The van der Waals surface area contributed by atoms with Gasteiger partial charge < -0.3 is 15.4 Å². The molecule has 2 amide bonds. The lowest BCUT2D eigenvalue weighted by atomic mass is 10.1. The van der Waals surface area contributed by atoms with Crippen molar-refractivity contribution in [3.8, 4) is 5.75 Å². The minimum Gasteiger partial charge on any atom is -0.488 e. The van der Waals surface area contributed by atoms with Gasteiger partial charge >= 0.3 is 0 Å². The van der Waals surface area contributed by atoms with Crippen LogP contribution in [-0.2, 0) is 9.84 Å². The van der Waals surface area contributed by atoms with E-state index in [9.17, 15) is 18.0 Å². The van der Waals surface area contributed by atoms with Gasteiger partial charge in [0.05, 0.1) is 27.7 Å². The fourth-order valence-electron chi connectivity index (χ4n) is 3.48. The molecule has 1 saturated heterocycles. The molecule has 0 unspecified atom stereocenters. The number of nitrogens with one attached hydrogen (secondary N) is 2. The number of pyridine rings is 2. The van der Waals surface area contributed by atoms with Crippen LogP contribution in [0.3, 0.4) is 0 Å². The lowest BCUT2D eigenvalue weighted by molar-refractivity contribution is 0.102. The van der Waals surface area contributed by atoms with Crippen LogP contribution in [-0.4, -0.2) is 60.1 Å². The highest BCUT2D eigenvalue weighted by Crippen LogP contribution is 2.28. The van der Waals surface area contributed by atoms with Crippen molar-refractivity contribution in [2.45, 2.75) is 17.4 Å². The van der Waals surface area contributed by atoms with Crippen molar-refractivity contribution in [1.29, 1.82) is 0 Å². The molecule has 4 rings (SSSR count). The van der Waals surface area contributed by atoms with Gasteiger partial charge in [0.1, 0.15) is 17.7 Å². The first-order chi connectivity index (χ1) is 17.1. The molecule has 1 aliphatic rings. The van der Waals surface area contributed by atoms with Gasteiger partial charge in [-0.05, 0) is 60.7 Å². The number of hydrogen-bond acceptors (Lipinski definition) is 8. The fraction of sp³-hybridized carbons (Fsp3) is 0.217. The van der Waals surface area contributed by atoms with Crippen LogP contribution in [0.2, 0.25) is 5.02 Å². The Labute approximate surface area is 217 Å². The first-order valence-electron chi connectivity index (χ1n) is 10.7. The third-order valence-electron chi connectivity index (χ3n) is 5.25. The van der Waals surface area contributed by atoms with E-state index in [4.69, 9.17) is 28.1 Å². The Morgan fingerprint density at radius 3 is 2.58 bits per heavy atom. The van der Waals surface area contributed by atoms with E-state index in [1.54, 1.807) is 16.6 Å². The lowest BCUT2D eigenvalue weighted by Crippen LogP contribution is -2.23. The molecule has 2 N–H and O–H groups in total. The zero-order valence-electron chi connectivity index (χ0n) is 18.9.